The quantitative estimate of drug-likeness (QED) is 0.236. The highest BCUT2D eigenvalue weighted by molar-refractivity contribution is 6.11. The molecule has 8 aromatic rings. The lowest BCUT2D eigenvalue weighted by Gasteiger charge is -2.15. The molecule has 6 aromatic carbocycles. The van der Waals surface area contributed by atoms with Crippen molar-refractivity contribution in [1.82, 2.24) is 9.13 Å². The Bertz CT molecular complexity index is 2070. The predicted octanol–water partition coefficient (Wildman–Crippen LogP) is 9.55. The van der Waals surface area contributed by atoms with Gasteiger partial charge in [0.1, 0.15) is 0 Å². The molecule has 2 heterocycles. The highest BCUT2D eigenvalue weighted by atomic mass is 15.0. The first kappa shape index (κ1) is 21.0. The van der Waals surface area contributed by atoms with Crippen LogP contribution < -0.4 is 0 Å². The van der Waals surface area contributed by atoms with Crippen molar-refractivity contribution in [3.8, 4) is 22.5 Å². The van der Waals surface area contributed by atoms with Crippen molar-refractivity contribution in [3.63, 3.8) is 0 Å². The Morgan fingerprint density at radius 3 is 1.50 bits per heavy atom. The summed E-state index contributed by atoms with van der Waals surface area (Å²) in [6.45, 7) is 0. The van der Waals surface area contributed by atoms with Gasteiger partial charge in [-0.05, 0) is 48.0 Å². The van der Waals surface area contributed by atoms with E-state index in [9.17, 15) is 0 Å². The molecular weight excluding hydrogens is 460 g/mol. The predicted molar refractivity (Wildman–Crippen MR) is 161 cm³/mol. The number of nitrogens with zero attached hydrogens (tertiary/aromatic N) is 2. The average Bonchev–Trinajstić information content (AvgIpc) is 3.50. The van der Waals surface area contributed by atoms with E-state index in [0.717, 1.165) is 0 Å². The fourth-order valence-corrected chi connectivity index (χ4v) is 6.09. The number of rotatable bonds is 3. The lowest BCUT2D eigenvalue weighted by atomic mass is 10.0. The van der Waals surface area contributed by atoms with E-state index < -0.39 is 0 Å². The molecule has 0 spiro atoms. The fourth-order valence-electron chi connectivity index (χ4n) is 6.09. The van der Waals surface area contributed by atoms with Crippen LogP contribution in [0.1, 0.15) is 0 Å². The molecular formula is C36H24N2. The second kappa shape index (κ2) is 8.22. The lowest BCUT2D eigenvalue weighted by Crippen LogP contribution is -1.97. The fraction of sp³-hybridized carbons (Fsp3) is 0. The second-order valence-electron chi connectivity index (χ2n) is 9.81. The Hall–Kier alpha value is -5.08. The van der Waals surface area contributed by atoms with Gasteiger partial charge < -0.3 is 9.13 Å². The molecule has 2 aromatic heterocycles. The molecule has 0 unspecified atom stereocenters. The van der Waals surface area contributed by atoms with Gasteiger partial charge in [0.25, 0.3) is 0 Å². The van der Waals surface area contributed by atoms with Crippen LogP contribution in [-0.4, -0.2) is 9.13 Å². The number of hydrogen-bond donors (Lipinski definition) is 0. The number of hydrogen-bond acceptors (Lipinski definition) is 0. The Morgan fingerprint density at radius 1 is 0.342 bits per heavy atom. The molecule has 0 amide bonds. The van der Waals surface area contributed by atoms with E-state index in [1.165, 1.54) is 66.1 Å². The molecule has 38 heavy (non-hydrogen) atoms. The second-order valence-corrected chi connectivity index (χ2v) is 9.81. The molecule has 8 rings (SSSR count). The van der Waals surface area contributed by atoms with Gasteiger partial charge in [0.2, 0.25) is 0 Å². The van der Waals surface area contributed by atoms with Crippen LogP contribution in [-0.2, 0) is 0 Å². The zero-order chi connectivity index (χ0) is 25.1. The van der Waals surface area contributed by atoms with E-state index in [0.29, 0.717) is 0 Å². The maximum absolute atomic E-state index is 2.41. The maximum atomic E-state index is 2.41. The van der Waals surface area contributed by atoms with Crippen LogP contribution in [0, 0.1) is 0 Å². The minimum atomic E-state index is 1.17. The van der Waals surface area contributed by atoms with Gasteiger partial charge in [-0.1, -0.05) is 103 Å². The monoisotopic (exact) mass is 484 g/mol. The van der Waals surface area contributed by atoms with Crippen LogP contribution in [0.15, 0.2) is 146 Å². The van der Waals surface area contributed by atoms with E-state index in [4.69, 9.17) is 0 Å². The Morgan fingerprint density at radius 2 is 0.842 bits per heavy atom. The van der Waals surface area contributed by atoms with Crippen molar-refractivity contribution < 1.29 is 0 Å². The molecule has 178 valence electrons. The minimum absolute atomic E-state index is 1.17. The third-order valence-corrected chi connectivity index (χ3v) is 7.72. The van der Waals surface area contributed by atoms with Crippen LogP contribution in [0.2, 0.25) is 0 Å². The molecule has 0 aliphatic carbocycles. The topological polar surface area (TPSA) is 9.86 Å². The number of benzene rings is 6. The normalized spacial score (nSPS) is 11.7. The summed E-state index contributed by atoms with van der Waals surface area (Å²) in [5.41, 5.74) is 9.66. The van der Waals surface area contributed by atoms with Gasteiger partial charge in [0.05, 0.1) is 27.8 Å². The van der Waals surface area contributed by atoms with E-state index >= 15 is 0 Å². The summed E-state index contributed by atoms with van der Waals surface area (Å²) in [6.07, 6.45) is 0. The molecule has 0 aliphatic rings. The zero-order valence-electron chi connectivity index (χ0n) is 20.8. The highest BCUT2D eigenvalue weighted by Gasteiger charge is 2.17. The van der Waals surface area contributed by atoms with Crippen molar-refractivity contribution in [2.75, 3.05) is 0 Å². The Labute approximate surface area is 220 Å². The van der Waals surface area contributed by atoms with E-state index in [1.807, 2.05) is 0 Å². The van der Waals surface area contributed by atoms with Crippen LogP contribution in [0.4, 0.5) is 0 Å². The molecule has 0 N–H and O–H groups in total. The molecule has 0 saturated heterocycles. The zero-order valence-corrected chi connectivity index (χ0v) is 20.8. The first-order chi connectivity index (χ1) is 18.9. The molecule has 0 radical (unpaired) electrons. The summed E-state index contributed by atoms with van der Waals surface area (Å²) < 4.78 is 4.80. The van der Waals surface area contributed by atoms with Crippen molar-refractivity contribution >= 4 is 43.6 Å². The largest absolute Gasteiger partial charge is 0.309 e. The third-order valence-electron chi connectivity index (χ3n) is 7.72. The lowest BCUT2D eigenvalue weighted by molar-refractivity contribution is 1.17. The first-order valence-electron chi connectivity index (χ1n) is 13.0. The van der Waals surface area contributed by atoms with Gasteiger partial charge in [-0.2, -0.15) is 0 Å². The van der Waals surface area contributed by atoms with Gasteiger partial charge in [-0.3, -0.25) is 0 Å². The van der Waals surface area contributed by atoms with Crippen molar-refractivity contribution in [3.05, 3.63) is 146 Å². The number of aromatic nitrogens is 2. The standard InChI is InChI=1S/C36H24N2/c1-2-12-26(13-3-1)37-33-19-9-5-17-30(33)31-23-22-25(24-36(31)37)27-14-4-8-18-32(27)38-34-20-10-6-15-28(34)29-16-7-11-21-35(29)38/h1-24H. The number of fused-ring (bicyclic) bond motifs is 6. The van der Waals surface area contributed by atoms with Crippen LogP contribution >= 0.6 is 0 Å². The van der Waals surface area contributed by atoms with Crippen molar-refractivity contribution in [2.45, 2.75) is 0 Å². The maximum Gasteiger partial charge on any atom is 0.0547 e. The molecule has 0 atom stereocenters. The average molecular weight is 485 g/mol. The first-order valence-corrected chi connectivity index (χ1v) is 13.0. The molecule has 0 fully saturated rings. The summed E-state index contributed by atoms with van der Waals surface area (Å²) >= 11 is 0. The summed E-state index contributed by atoms with van der Waals surface area (Å²) in [7, 11) is 0. The molecule has 2 heteroatoms. The highest BCUT2D eigenvalue weighted by Crippen LogP contribution is 2.39. The number of para-hydroxylation sites is 5. The smallest absolute Gasteiger partial charge is 0.0547 e. The van der Waals surface area contributed by atoms with Crippen LogP contribution in [0.3, 0.4) is 0 Å². The SMILES string of the molecule is c1ccc(-n2c3ccccc3c3ccc(-c4ccccc4-n4c5ccccc5c5ccccc54)cc32)cc1. The molecule has 2 nitrogen and oxygen atoms in total. The van der Waals surface area contributed by atoms with Gasteiger partial charge in [-0.25, -0.2) is 0 Å². The van der Waals surface area contributed by atoms with Crippen LogP contribution in [0.5, 0.6) is 0 Å². The Kier molecular flexibility index (Phi) is 4.55. The van der Waals surface area contributed by atoms with Gasteiger partial charge in [0, 0.05) is 32.8 Å². The van der Waals surface area contributed by atoms with Gasteiger partial charge in [0.15, 0.2) is 0 Å². The summed E-state index contributed by atoms with van der Waals surface area (Å²) in [5, 5.41) is 5.09. The van der Waals surface area contributed by atoms with E-state index in [1.54, 1.807) is 0 Å². The molecule has 0 aliphatic heterocycles. The van der Waals surface area contributed by atoms with Crippen LogP contribution in [0.25, 0.3) is 66.1 Å². The Balaban J connectivity index is 1.43. The summed E-state index contributed by atoms with van der Waals surface area (Å²) in [4.78, 5) is 0. The van der Waals surface area contributed by atoms with E-state index in [-0.39, 0.29) is 0 Å². The minimum Gasteiger partial charge on any atom is -0.309 e. The summed E-state index contributed by atoms with van der Waals surface area (Å²) in [6, 6.07) is 52.5. The van der Waals surface area contributed by atoms with Crippen molar-refractivity contribution in [2.24, 2.45) is 0 Å². The molecule has 0 saturated carbocycles. The van der Waals surface area contributed by atoms with E-state index in [2.05, 4.69) is 155 Å². The van der Waals surface area contributed by atoms with Gasteiger partial charge >= 0.3 is 0 Å². The molecule has 0 bridgehead atoms. The van der Waals surface area contributed by atoms with Crippen molar-refractivity contribution in [1.29, 1.82) is 0 Å². The third kappa shape index (κ3) is 3.01. The summed E-state index contributed by atoms with van der Waals surface area (Å²) in [5.74, 6) is 0. The van der Waals surface area contributed by atoms with Gasteiger partial charge in [-0.15, -0.1) is 0 Å².